The van der Waals surface area contributed by atoms with Crippen LogP contribution in [0.2, 0.25) is 5.15 Å². The number of carbonyl (C=O) groups excluding carboxylic acids is 1. The zero-order chi connectivity index (χ0) is 28.1. The molecule has 39 heavy (non-hydrogen) atoms. The van der Waals surface area contributed by atoms with E-state index in [0.29, 0.717) is 24.9 Å². The molecule has 2 aliphatic heterocycles. The van der Waals surface area contributed by atoms with Crippen LogP contribution in [0.4, 0.5) is 11.6 Å². The first-order chi connectivity index (χ1) is 18.7. The highest BCUT2D eigenvalue weighted by Gasteiger charge is 2.37. The number of amides is 1. The maximum Gasteiger partial charge on any atom is 0.325 e. The maximum atomic E-state index is 12.3. The van der Waals surface area contributed by atoms with E-state index in [-0.39, 0.29) is 35.9 Å². The number of nitrogens with zero attached hydrogens (tertiary/aromatic N) is 5. The van der Waals surface area contributed by atoms with Crippen LogP contribution in [0, 0.1) is 6.92 Å². The number of carboxylic acid groups (broad SMARTS) is 1. The minimum Gasteiger partial charge on any atom is -0.480 e. The van der Waals surface area contributed by atoms with Crippen molar-refractivity contribution in [1.82, 2.24) is 25.1 Å². The molecule has 1 aromatic heterocycles. The van der Waals surface area contributed by atoms with Crippen LogP contribution in [0.5, 0.6) is 0 Å². The number of benzene rings is 1. The summed E-state index contributed by atoms with van der Waals surface area (Å²) in [7, 11) is 0. The zero-order valence-corrected chi connectivity index (χ0v) is 23.3. The highest BCUT2D eigenvalue weighted by Crippen LogP contribution is 2.31. The van der Waals surface area contributed by atoms with E-state index in [4.69, 9.17) is 22.4 Å². The van der Waals surface area contributed by atoms with Crippen molar-refractivity contribution in [2.24, 2.45) is 0 Å². The van der Waals surface area contributed by atoms with Crippen molar-refractivity contribution in [2.45, 2.75) is 51.2 Å². The summed E-state index contributed by atoms with van der Waals surface area (Å²) in [6, 6.07) is 7.76. The number of piperidine rings is 1. The molecule has 0 aliphatic carbocycles. The Labute approximate surface area is 234 Å². The van der Waals surface area contributed by atoms with Crippen LogP contribution in [0.1, 0.15) is 53.8 Å². The number of aromatic nitrogens is 2. The van der Waals surface area contributed by atoms with Gasteiger partial charge in [0.15, 0.2) is 22.5 Å². The van der Waals surface area contributed by atoms with Crippen LogP contribution >= 0.6 is 11.6 Å². The Balaban J connectivity index is 1.40. The highest BCUT2D eigenvalue weighted by molar-refractivity contribution is 6.32. The molecule has 3 heterocycles. The Morgan fingerprint density at radius 3 is 2.46 bits per heavy atom. The lowest BCUT2D eigenvalue weighted by Gasteiger charge is -2.48. The van der Waals surface area contributed by atoms with E-state index < -0.39 is 17.9 Å². The van der Waals surface area contributed by atoms with E-state index in [0.717, 1.165) is 50.0 Å². The number of carbonyl (C=O) groups is 2. The third-order valence-electron chi connectivity index (χ3n) is 7.74. The number of anilines is 2. The molecule has 1 unspecified atom stereocenters. The van der Waals surface area contributed by atoms with Gasteiger partial charge in [0.2, 0.25) is 0 Å². The summed E-state index contributed by atoms with van der Waals surface area (Å²) in [5, 5.41) is 21.6. The standard InChI is InChI=1S/C27H38ClN7O4/c1-3-19-16-34(25-23(28)31-21(24(29)32-25)26(37)30-10-15-36)13-14-35(19)20-8-11-33(12-9-20)22(27(38)39)18-6-4-17(2)5-7-18/h4-7,19-20,22,36H,3,8-16H2,1-2H3,(H2,29,32)(H,30,37)(H,38,39)/t19-,22?/m0/s1. The summed E-state index contributed by atoms with van der Waals surface area (Å²) >= 11 is 6.45. The third kappa shape index (κ3) is 6.60. The average molecular weight is 560 g/mol. The summed E-state index contributed by atoms with van der Waals surface area (Å²) in [5.41, 5.74) is 7.93. The van der Waals surface area contributed by atoms with Crippen LogP contribution in [0.15, 0.2) is 24.3 Å². The Kier molecular flexibility index (Phi) is 9.60. The lowest BCUT2D eigenvalue weighted by Crippen LogP contribution is -2.58. The third-order valence-corrected chi connectivity index (χ3v) is 7.99. The smallest absolute Gasteiger partial charge is 0.325 e. The second kappa shape index (κ2) is 12.9. The molecule has 2 saturated heterocycles. The van der Waals surface area contributed by atoms with E-state index in [1.54, 1.807) is 0 Å². The van der Waals surface area contributed by atoms with Crippen molar-refractivity contribution in [1.29, 1.82) is 0 Å². The van der Waals surface area contributed by atoms with Crippen molar-refractivity contribution in [3.8, 4) is 0 Å². The number of hydrogen-bond acceptors (Lipinski definition) is 9. The first kappa shape index (κ1) is 29.0. The molecule has 1 amide bonds. The summed E-state index contributed by atoms with van der Waals surface area (Å²) in [5.74, 6) is -0.887. The number of aliphatic hydroxyl groups is 1. The normalized spacial score (nSPS) is 20.1. The molecule has 2 atom stereocenters. The SMILES string of the molecule is CC[C@H]1CN(c2nc(N)c(C(=O)NCCO)nc2Cl)CCN1C1CCN(C(C(=O)O)c2ccc(C)cc2)CC1. The van der Waals surface area contributed by atoms with Crippen LogP contribution in [0.25, 0.3) is 0 Å². The Hall–Kier alpha value is -2.99. The number of aliphatic hydroxyl groups excluding tert-OH is 1. The minimum atomic E-state index is -0.813. The molecule has 1 aromatic carbocycles. The highest BCUT2D eigenvalue weighted by atomic mass is 35.5. The molecule has 2 fully saturated rings. The predicted octanol–water partition coefficient (Wildman–Crippen LogP) is 1.93. The van der Waals surface area contributed by atoms with Gasteiger partial charge in [-0.15, -0.1) is 0 Å². The molecular weight excluding hydrogens is 522 g/mol. The molecule has 0 saturated carbocycles. The number of nitrogens with one attached hydrogen (secondary N) is 1. The van der Waals surface area contributed by atoms with Gasteiger partial charge in [0.05, 0.1) is 6.61 Å². The van der Waals surface area contributed by atoms with E-state index in [1.165, 1.54) is 0 Å². The van der Waals surface area contributed by atoms with Gasteiger partial charge < -0.3 is 26.2 Å². The number of rotatable bonds is 9. The van der Waals surface area contributed by atoms with E-state index in [1.807, 2.05) is 31.2 Å². The lowest BCUT2D eigenvalue weighted by molar-refractivity contribution is -0.144. The number of carboxylic acids is 1. The van der Waals surface area contributed by atoms with Crippen LogP contribution in [0.3, 0.4) is 0 Å². The molecule has 0 bridgehead atoms. The zero-order valence-electron chi connectivity index (χ0n) is 22.5. The molecule has 0 radical (unpaired) electrons. The minimum absolute atomic E-state index is 0.00532. The fourth-order valence-electron chi connectivity index (χ4n) is 5.68. The van der Waals surface area contributed by atoms with Gasteiger partial charge in [0.1, 0.15) is 6.04 Å². The summed E-state index contributed by atoms with van der Waals surface area (Å²) in [6.07, 6.45) is 2.73. The Bertz CT molecular complexity index is 1160. The molecule has 12 heteroatoms. The quantitative estimate of drug-likeness (QED) is 0.359. The van der Waals surface area contributed by atoms with Crippen molar-refractivity contribution < 1.29 is 19.8 Å². The molecule has 2 aromatic rings. The number of halogens is 1. The number of nitrogen functional groups attached to an aromatic ring is 1. The lowest BCUT2D eigenvalue weighted by atomic mass is 9.95. The van der Waals surface area contributed by atoms with Crippen LogP contribution in [-0.2, 0) is 4.79 Å². The number of aliphatic carboxylic acids is 1. The number of piperazine rings is 1. The molecule has 2 aliphatic rings. The van der Waals surface area contributed by atoms with Crippen LogP contribution in [-0.4, -0.2) is 99.8 Å². The first-order valence-corrected chi connectivity index (χ1v) is 13.9. The molecule has 212 valence electrons. The fourth-order valence-corrected chi connectivity index (χ4v) is 5.93. The number of aryl methyl sites for hydroxylation is 1. The first-order valence-electron chi connectivity index (χ1n) is 13.5. The topological polar surface area (TPSA) is 148 Å². The van der Waals surface area contributed by atoms with Crippen molar-refractivity contribution >= 4 is 35.1 Å². The molecular formula is C27H38ClN7O4. The Morgan fingerprint density at radius 2 is 1.85 bits per heavy atom. The van der Waals surface area contributed by atoms with Gasteiger partial charge in [-0.25, -0.2) is 9.97 Å². The van der Waals surface area contributed by atoms with Gasteiger partial charge in [0.25, 0.3) is 5.91 Å². The maximum absolute atomic E-state index is 12.3. The van der Waals surface area contributed by atoms with Gasteiger partial charge in [-0.05, 0) is 31.7 Å². The van der Waals surface area contributed by atoms with Gasteiger partial charge >= 0.3 is 5.97 Å². The predicted molar refractivity (Wildman–Crippen MR) is 150 cm³/mol. The Morgan fingerprint density at radius 1 is 1.15 bits per heavy atom. The van der Waals surface area contributed by atoms with Gasteiger partial charge in [-0.1, -0.05) is 48.4 Å². The second-order valence-electron chi connectivity index (χ2n) is 10.2. The molecule has 0 spiro atoms. The van der Waals surface area contributed by atoms with Gasteiger partial charge in [0, 0.05) is 51.4 Å². The monoisotopic (exact) mass is 559 g/mol. The molecule has 5 N–H and O–H groups in total. The average Bonchev–Trinajstić information content (AvgIpc) is 2.93. The number of likely N-dealkylation sites (tertiary alicyclic amines) is 1. The van der Waals surface area contributed by atoms with Crippen molar-refractivity contribution in [3.63, 3.8) is 0 Å². The molecule has 4 rings (SSSR count). The summed E-state index contributed by atoms with van der Waals surface area (Å²) in [4.78, 5) is 39.7. The molecule has 11 nitrogen and oxygen atoms in total. The summed E-state index contributed by atoms with van der Waals surface area (Å²) < 4.78 is 0. The van der Waals surface area contributed by atoms with E-state index >= 15 is 0 Å². The largest absolute Gasteiger partial charge is 0.480 e. The van der Waals surface area contributed by atoms with E-state index in [9.17, 15) is 14.7 Å². The van der Waals surface area contributed by atoms with Crippen molar-refractivity contribution in [3.05, 3.63) is 46.2 Å². The fraction of sp³-hybridized carbons (Fsp3) is 0.556. The number of hydrogen-bond donors (Lipinski definition) is 4. The van der Waals surface area contributed by atoms with Gasteiger partial charge in [-0.2, -0.15) is 0 Å². The number of nitrogens with two attached hydrogens (primary N) is 1. The van der Waals surface area contributed by atoms with Crippen LogP contribution < -0.4 is 16.0 Å². The van der Waals surface area contributed by atoms with E-state index in [2.05, 4.69) is 36.9 Å². The second-order valence-corrected chi connectivity index (χ2v) is 10.6. The van der Waals surface area contributed by atoms with Crippen molar-refractivity contribution in [2.75, 3.05) is 56.5 Å². The summed E-state index contributed by atoms with van der Waals surface area (Å²) in [6.45, 7) is 7.67. The van der Waals surface area contributed by atoms with Gasteiger partial charge in [-0.3, -0.25) is 19.4 Å².